The molecule has 0 bridgehead atoms. The van der Waals surface area contributed by atoms with Gasteiger partial charge in [-0.3, -0.25) is 4.79 Å². The van der Waals surface area contributed by atoms with Gasteiger partial charge >= 0.3 is 0 Å². The van der Waals surface area contributed by atoms with Crippen LogP contribution in [0.3, 0.4) is 0 Å². The molecular weight excluding hydrogens is 394 g/mol. The van der Waals surface area contributed by atoms with E-state index in [1.165, 1.54) is 0 Å². The van der Waals surface area contributed by atoms with E-state index in [1.807, 2.05) is 56.3 Å². The molecule has 1 heterocycles. The van der Waals surface area contributed by atoms with Crippen molar-refractivity contribution < 1.29 is 13.2 Å². The molecule has 4 nitrogen and oxygen atoms in total. The number of carbonyl (C=O) groups is 1. The number of carbonyl (C=O) groups excluding carboxylic acids is 1. The number of aromatic nitrogens is 1. The number of sulfone groups is 1. The topological polar surface area (TPSA) is 67.0 Å². The smallest absolute Gasteiger partial charge is 0.222 e. The summed E-state index contributed by atoms with van der Waals surface area (Å²) in [5, 5.41) is 0.0584. The minimum Gasteiger partial charge on any atom is -0.344 e. The van der Waals surface area contributed by atoms with Gasteiger partial charge in [0.15, 0.2) is 5.78 Å². The molecule has 0 saturated heterocycles. The van der Waals surface area contributed by atoms with Gasteiger partial charge in [0.2, 0.25) is 9.84 Å². The normalized spacial score (nSPS) is 12.7. The van der Waals surface area contributed by atoms with Crippen LogP contribution in [-0.2, 0) is 9.84 Å². The Morgan fingerprint density at radius 3 is 1.90 bits per heavy atom. The second kappa shape index (κ2) is 6.54. The van der Waals surface area contributed by atoms with Crippen LogP contribution in [-0.4, -0.2) is 19.2 Å². The molecule has 5 rings (SSSR count). The fourth-order valence-corrected chi connectivity index (χ4v) is 5.43. The fraction of sp³-hybridized carbons (Fsp3) is 0.0800. The van der Waals surface area contributed by atoms with Crippen LogP contribution in [0.25, 0.3) is 22.4 Å². The van der Waals surface area contributed by atoms with Gasteiger partial charge in [-0.1, -0.05) is 71.8 Å². The fourth-order valence-electron chi connectivity index (χ4n) is 3.97. The van der Waals surface area contributed by atoms with Crippen LogP contribution in [0.2, 0.25) is 0 Å². The number of benzene rings is 3. The van der Waals surface area contributed by atoms with E-state index in [0.717, 1.165) is 16.7 Å². The predicted octanol–water partition coefficient (Wildman–Crippen LogP) is 5.34. The van der Waals surface area contributed by atoms with Crippen LogP contribution < -0.4 is 0 Å². The second-order valence-electron chi connectivity index (χ2n) is 7.64. The molecule has 0 radical (unpaired) electrons. The summed E-state index contributed by atoms with van der Waals surface area (Å²) in [6.07, 6.45) is 0. The van der Waals surface area contributed by atoms with E-state index in [9.17, 15) is 13.2 Å². The van der Waals surface area contributed by atoms with Crippen molar-refractivity contribution >= 4 is 15.6 Å². The minimum absolute atomic E-state index is 0.0584. The standard InChI is InChI=1S/C25H19NO3S/c1-15-7-11-17(12-8-15)21-22-23(19-5-3-4-6-20(19)24(22)27)26-25(21)30(28,29)18-13-9-16(2)10-14-18/h3-14,26H,1-2H3. The summed E-state index contributed by atoms with van der Waals surface area (Å²) in [5.74, 6) is -0.155. The summed E-state index contributed by atoms with van der Waals surface area (Å²) in [5.41, 5.74) is 5.48. The highest BCUT2D eigenvalue weighted by molar-refractivity contribution is 7.91. The first kappa shape index (κ1) is 18.6. The number of nitrogens with one attached hydrogen (secondary N) is 1. The molecule has 0 saturated carbocycles. The number of rotatable bonds is 3. The highest BCUT2D eigenvalue weighted by Gasteiger charge is 2.37. The number of aryl methyl sites for hydroxylation is 2. The van der Waals surface area contributed by atoms with Crippen molar-refractivity contribution in [3.8, 4) is 22.4 Å². The molecule has 1 aliphatic carbocycles. The lowest BCUT2D eigenvalue weighted by Gasteiger charge is -2.09. The lowest BCUT2D eigenvalue weighted by molar-refractivity contribution is 0.104. The molecule has 0 amide bonds. The molecule has 148 valence electrons. The van der Waals surface area contributed by atoms with E-state index in [4.69, 9.17) is 0 Å². The summed E-state index contributed by atoms with van der Waals surface area (Å²) in [6.45, 7) is 3.88. The molecular formula is C25H19NO3S. The van der Waals surface area contributed by atoms with E-state index in [-0.39, 0.29) is 15.7 Å². The van der Waals surface area contributed by atoms with Crippen LogP contribution in [0.15, 0.2) is 82.7 Å². The number of fused-ring (bicyclic) bond motifs is 3. The summed E-state index contributed by atoms with van der Waals surface area (Å²) in [6, 6.07) is 21.6. The molecule has 4 aromatic rings. The van der Waals surface area contributed by atoms with Crippen LogP contribution in [0.1, 0.15) is 27.0 Å². The van der Waals surface area contributed by atoms with Gasteiger partial charge in [0.05, 0.1) is 16.2 Å². The van der Waals surface area contributed by atoms with Gasteiger partial charge in [0.1, 0.15) is 5.03 Å². The molecule has 5 heteroatoms. The first-order valence-corrected chi connectivity index (χ1v) is 11.1. The van der Waals surface area contributed by atoms with Crippen LogP contribution >= 0.6 is 0 Å². The van der Waals surface area contributed by atoms with Crippen molar-refractivity contribution in [3.05, 3.63) is 95.1 Å². The Bertz CT molecular complexity index is 1410. The third-order valence-corrected chi connectivity index (χ3v) is 7.31. The zero-order valence-corrected chi connectivity index (χ0v) is 17.4. The largest absolute Gasteiger partial charge is 0.344 e. The Labute approximate surface area is 175 Å². The van der Waals surface area contributed by atoms with E-state index in [0.29, 0.717) is 27.9 Å². The Kier molecular flexibility index (Phi) is 4.05. The summed E-state index contributed by atoms with van der Waals surface area (Å²) in [4.78, 5) is 16.6. The minimum atomic E-state index is -3.86. The Hall–Kier alpha value is -3.44. The third-order valence-electron chi connectivity index (χ3n) is 5.57. The molecule has 1 aliphatic rings. The second-order valence-corrected chi connectivity index (χ2v) is 9.52. The van der Waals surface area contributed by atoms with Crippen molar-refractivity contribution in [1.82, 2.24) is 4.98 Å². The lowest BCUT2D eigenvalue weighted by Crippen LogP contribution is -2.06. The van der Waals surface area contributed by atoms with E-state index in [2.05, 4.69) is 4.98 Å². The number of hydrogen-bond donors (Lipinski definition) is 1. The quantitative estimate of drug-likeness (QED) is 0.434. The number of aromatic amines is 1. The van der Waals surface area contributed by atoms with Gasteiger partial charge in [0.25, 0.3) is 0 Å². The average Bonchev–Trinajstić information content (AvgIpc) is 3.26. The van der Waals surface area contributed by atoms with E-state index >= 15 is 0 Å². The molecule has 0 spiro atoms. The van der Waals surface area contributed by atoms with Gasteiger partial charge in [-0.05, 0) is 31.5 Å². The molecule has 0 atom stereocenters. The molecule has 0 aliphatic heterocycles. The van der Waals surface area contributed by atoms with Gasteiger partial charge < -0.3 is 4.98 Å². The molecule has 0 fully saturated rings. The Morgan fingerprint density at radius 1 is 0.700 bits per heavy atom. The lowest BCUT2D eigenvalue weighted by atomic mass is 10.0. The monoisotopic (exact) mass is 413 g/mol. The van der Waals surface area contributed by atoms with E-state index in [1.54, 1.807) is 30.3 Å². The van der Waals surface area contributed by atoms with Crippen molar-refractivity contribution in [3.63, 3.8) is 0 Å². The summed E-state index contributed by atoms with van der Waals surface area (Å²) < 4.78 is 27.2. The Balaban J connectivity index is 1.83. The SMILES string of the molecule is Cc1ccc(-c2c(S(=O)(=O)c3ccc(C)cc3)[nH]c3c2C(=O)c2ccccc2-3)cc1. The van der Waals surface area contributed by atoms with E-state index < -0.39 is 9.84 Å². The predicted molar refractivity (Wildman–Crippen MR) is 116 cm³/mol. The highest BCUT2D eigenvalue weighted by atomic mass is 32.2. The maximum Gasteiger partial charge on any atom is 0.222 e. The van der Waals surface area contributed by atoms with Crippen LogP contribution in [0.4, 0.5) is 0 Å². The maximum atomic E-state index is 13.6. The van der Waals surface area contributed by atoms with Crippen molar-refractivity contribution in [1.29, 1.82) is 0 Å². The van der Waals surface area contributed by atoms with Crippen molar-refractivity contribution in [2.75, 3.05) is 0 Å². The average molecular weight is 413 g/mol. The van der Waals surface area contributed by atoms with Gasteiger partial charge in [-0.15, -0.1) is 0 Å². The van der Waals surface area contributed by atoms with Crippen molar-refractivity contribution in [2.45, 2.75) is 23.8 Å². The van der Waals surface area contributed by atoms with Gasteiger partial charge in [-0.2, -0.15) is 0 Å². The number of H-pyrrole nitrogens is 1. The molecule has 3 aromatic carbocycles. The summed E-state index contributed by atoms with van der Waals surface area (Å²) >= 11 is 0. The zero-order chi connectivity index (χ0) is 21.0. The number of ketones is 1. The first-order valence-electron chi connectivity index (χ1n) is 9.67. The summed E-state index contributed by atoms with van der Waals surface area (Å²) in [7, 11) is -3.86. The molecule has 1 N–H and O–H groups in total. The Morgan fingerprint density at radius 2 is 1.27 bits per heavy atom. The molecule has 1 aromatic heterocycles. The van der Waals surface area contributed by atoms with Crippen molar-refractivity contribution in [2.24, 2.45) is 0 Å². The molecule has 30 heavy (non-hydrogen) atoms. The molecule has 0 unspecified atom stereocenters. The zero-order valence-electron chi connectivity index (χ0n) is 16.6. The third kappa shape index (κ3) is 2.66. The van der Waals surface area contributed by atoms with Crippen LogP contribution in [0, 0.1) is 13.8 Å². The van der Waals surface area contributed by atoms with Gasteiger partial charge in [-0.25, -0.2) is 8.42 Å². The maximum absolute atomic E-state index is 13.6. The first-order chi connectivity index (χ1) is 14.4. The van der Waals surface area contributed by atoms with Crippen LogP contribution in [0.5, 0.6) is 0 Å². The number of hydrogen-bond acceptors (Lipinski definition) is 3. The highest BCUT2D eigenvalue weighted by Crippen LogP contribution is 2.45. The van der Waals surface area contributed by atoms with Gasteiger partial charge in [0, 0.05) is 16.7 Å².